The summed E-state index contributed by atoms with van der Waals surface area (Å²) in [5.74, 6) is 0. The molecule has 1 rings (SSSR count). The summed E-state index contributed by atoms with van der Waals surface area (Å²) in [6, 6.07) is 0.648. The predicted octanol–water partition coefficient (Wildman–Crippen LogP) is 1.31. The van der Waals surface area contributed by atoms with Crippen molar-refractivity contribution >= 4 is 12.3 Å². The van der Waals surface area contributed by atoms with Gasteiger partial charge in [0.2, 0.25) is 0 Å². The molecule has 0 saturated heterocycles. The second-order valence-corrected chi connectivity index (χ2v) is 2.49. The molecule has 0 radical (unpaired) electrons. The molecule has 0 unspecified atom stereocenters. The summed E-state index contributed by atoms with van der Waals surface area (Å²) in [5.41, 5.74) is 0.313. The fourth-order valence-corrected chi connectivity index (χ4v) is 0.654. The Labute approximate surface area is 64.6 Å². The van der Waals surface area contributed by atoms with Crippen molar-refractivity contribution < 1.29 is 9.21 Å². The number of carbonyl (C=O) groups is 1. The Hall–Kier alpha value is -1.32. The van der Waals surface area contributed by atoms with Gasteiger partial charge in [-0.05, 0) is 13.8 Å². The van der Waals surface area contributed by atoms with Gasteiger partial charge in [0.05, 0.1) is 0 Å². The third-order valence-electron chi connectivity index (χ3n) is 1.05. The van der Waals surface area contributed by atoms with Crippen LogP contribution in [0.25, 0.3) is 0 Å². The summed E-state index contributed by atoms with van der Waals surface area (Å²) >= 11 is 0. The fraction of sp³-hybridized carbons (Fsp3) is 0.429. The molecular formula is C7H10N2O2. The Morgan fingerprint density at radius 2 is 2.45 bits per heavy atom. The molecular weight excluding hydrogens is 144 g/mol. The number of hydrogen-bond acceptors (Lipinski definition) is 4. The van der Waals surface area contributed by atoms with Crippen molar-refractivity contribution in [1.82, 2.24) is 4.98 Å². The molecule has 0 saturated carbocycles. The van der Waals surface area contributed by atoms with Crippen LogP contribution >= 0.6 is 0 Å². The van der Waals surface area contributed by atoms with E-state index < -0.39 is 0 Å². The summed E-state index contributed by atoms with van der Waals surface area (Å²) in [4.78, 5) is 14.0. The topological polar surface area (TPSA) is 55.1 Å². The van der Waals surface area contributed by atoms with E-state index in [2.05, 4.69) is 10.3 Å². The Kier molecular flexibility index (Phi) is 2.25. The minimum atomic E-state index is 0.258. The van der Waals surface area contributed by atoms with Crippen LogP contribution in [-0.2, 0) is 0 Å². The summed E-state index contributed by atoms with van der Waals surface area (Å²) in [6.45, 7) is 3.93. The number of aldehydes is 1. The van der Waals surface area contributed by atoms with Gasteiger partial charge in [-0.15, -0.1) is 0 Å². The van der Waals surface area contributed by atoms with E-state index in [4.69, 9.17) is 4.42 Å². The van der Waals surface area contributed by atoms with Gasteiger partial charge in [-0.3, -0.25) is 4.79 Å². The quantitative estimate of drug-likeness (QED) is 0.667. The molecule has 0 fully saturated rings. The number of rotatable bonds is 3. The summed E-state index contributed by atoms with van der Waals surface area (Å²) in [6.07, 6.45) is 1.96. The number of carbonyl (C=O) groups excluding carboxylic acids is 1. The van der Waals surface area contributed by atoms with Gasteiger partial charge < -0.3 is 9.73 Å². The zero-order valence-corrected chi connectivity index (χ0v) is 6.50. The Bertz CT molecular complexity index is 242. The van der Waals surface area contributed by atoms with E-state index >= 15 is 0 Å². The van der Waals surface area contributed by atoms with Gasteiger partial charge in [0.1, 0.15) is 12.0 Å². The summed E-state index contributed by atoms with van der Waals surface area (Å²) < 4.78 is 4.91. The van der Waals surface area contributed by atoms with Crippen LogP contribution in [0.3, 0.4) is 0 Å². The molecule has 0 aliphatic heterocycles. The largest absolute Gasteiger partial charge is 0.431 e. The highest BCUT2D eigenvalue weighted by atomic mass is 16.4. The van der Waals surface area contributed by atoms with Crippen LogP contribution in [0.4, 0.5) is 6.01 Å². The lowest BCUT2D eigenvalue weighted by Gasteiger charge is -2.02. The second-order valence-electron chi connectivity index (χ2n) is 2.49. The van der Waals surface area contributed by atoms with Crippen LogP contribution in [0.2, 0.25) is 0 Å². The van der Waals surface area contributed by atoms with E-state index in [1.165, 1.54) is 6.26 Å². The van der Waals surface area contributed by atoms with Crippen LogP contribution in [0.5, 0.6) is 0 Å². The average molecular weight is 154 g/mol. The SMILES string of the molecule is CC(C)Nc1nc(C=O)co1. The lowest BCUT2D eigenvalue weighted by Crippen LogP contribution is -2.09. The third-order valence-corrected chi connectivity index (χ3v) is 1.05. The van der Waals surface area contributed by atoms with Gasteiger partial charge in [0.15, 0.2) is 6.29 Å². The molecule has 0 atom stereocenters. The van der Waals surface area contributed by atoms with E-state index in [1.807, 2.05) is 13.8 Å². The maximum atomic E-state index is 10.2. The molecule has 1 heterocycles. The zero-order chi connectivity index (χ0) is 8.27. The smallest absolute Gasteiger partial charge is 0.295 e. The van der Waals surface area contributed by atoms with Crippen LogP contribution in [0, 0.1) is 0 Å². The van der Waals surface area contributed by atoms with Crippen LogP contribution in [0.15, 0.2) is 10.7 Å². The minimum Gasteiger partial charge on any atom is -0.431 e. The second kappa shape index (κ2) is 3.18. The first-order valence-corrected chi connectivity index (χ1v) is 3.39. The van der Waals surface area contributed by atoms with Crippen LogP contribution in [-0.4, -0.2) is 17.3 Å². The van der Waals surface area contributed by atoms with E-state index in [1.54, 1.807) is 0 Å². The Morgan fingerprint density at radius 3 is 2.91 bits per heavy atom. The van der Waals surface area contributed by atoms with E-state index in [0.717, 1.165) is 0 Å². The molecule has 0 aromatic carbocycles. The molecule has 0 bridgehead atoms. The maximum Gasteiger partial charge on any atom is 0.295 e. The number of anilines is 1. The minimum absolute atomic E-state index is 0.258. The number of nitrogens with one attached hydrogen (secondary N) is 1. The van der Waals surface area contributed by atoms with Crippen molar-refractivity contribution in [3.8, 4) is 0 Å². The molecule has 0 aliphatic carbocycles. The first-order chi connectivity index (χ1) is 5.22. The number of oxazole rings is 1. The molecule has 0 aliphatic rings. The normalized spacial score (nSPS) is 10.1. The summed E-state index contributed by atoms with van der Waals surface area (Å²) in [5, 5.41) is 2.92. The van der Waals surface area contributed by atoms with Crippen molar-refractivity contribution in [2.24, 2.45) is 0 Å². The predicted molar refractivity (Wildman–Crippen MR) is 40.6 cm³/mol. The first kappa shape index (κ1) is 7.78. The highest BCUT2D eigenvalue weighted by Gasteiger charge is 2.02. The third kappa shape index (κ3) is 2.07. The van der Waals surface area contributed by atoms with Gasteiger partial charge in [-0.25, -0.2) is 0 Å². The van der Waals surface area contributed by atoms with Gasteiger partial charge >= 0.3 is 0 Å². The first-order valence-electron chi connectivity index (χ1n) is 3.39. The van der Waals surface area contributed by atoms with Gasteiger partial charge in [-0.1, -0.05) is 0 Å². The van der Waals surface area contributed by atoms with Gasteiger partial charge in [0, 0.05) is 6.04 Å². The molecule has 4 nitrogen and oxygen atoms in total. The molecule has 11 heavy (non-hydrogen) atoms. The monoisotopic (exact) mass is 154 g/mol. The van der Waals surface area contributed by atoms with Crippen LogP contribution in [0.1, 0.15) is 24.3 Å². The highest BCUT2D eigenvalue weighted by molar-refractivity contribution is 5.71. The molecule has 60 valence electrons. The van der Waals surface area contributed by atoms with E-state index in [0.29, 0.717) is 18.0 Å². The molecule has 1 aromatic heterocycles. The van der Waals surface area contributed by atoms with Crippen molar-refractivity contribution in [3.63, 3.8) is 0 Å². The van der Waals surface area contributed by atoms with Crippen molar-refractivity contribution in [2.75, 3.05) is 5.32 Å². The van der Waals surface area contributed by atoms with Gasteiger partial charge in [0.25, 0.3) is 6.01 Å². The molecule has 0 spiro atoms. The van der Waals surface area contributed by atoms with Gasteiger partial charge in [-0.2, -0.15) is 4.98 Å². The van der Waals surface area contributed by atoms with E-state index in [9.17, 15) is 4.79 Å². The number of aromatic nitrogens is 1. The van der Waals surface area contributed by atoms with E-state index in [-0.39, 0.29) is 6.04 Å². The Balaban J connectivity index is 2.65. The fourth-order valence-electron chi connectivity index (χ4n) is 0.654. The van der Waals surface area contributed by atoms with Crippen molar-refractivity contribution in [1.29, 1.82) is 0 Å². The number of nitrogens with zero attached hydrogens (tertiary/aromatic N) is 1. The highest BCUT2D eigenvalue weighted by Crippen LogP contribution is 2.06. The maximum absolute atomic E-state index is 10.2. The van der Waals surface area contributed by atoms with Crippen molar-refractivity contribution in [2.45, 2.75) is 19.9 Å². The molecule has 1 aromatic rings. The average Bonchev–Trinajstić information content (AvgIpc) is 2.34. The zero-order valence-electron chi connectivity index (χ0n) is 6.50. The molecule has 1 N–H and O–H groups in total. The summed E-state index contributed by atoms with van der Waals surface area (Å²) in [7, 11) is 0. The standard InChI is InChI=1S/C7H10N2O2/c1-5(2)8-7-9-6(3-10)4-11-7/h3-5H,1-2H3,(H,8,9). The molecule has 4 heteroatoms. The number of hydrogen-bond donors (Lipinski definition) is 1. The lowest BCUT2D eigenvalue weighted by molar-refractivity contribution is 0.111. The van der Waals surface area contributed by atoms with Crippen LogP contribution < -0.4 is 5.32 Å². The van der Waals surface area contributed by atoms with Crippen molar-refractivity contribution in [3.05, 3.63) is 12.0 Å². The Morgan fingerprint density at radius 1 is 1.73 bits per heavy atom. The lowest BCUT2D eigenvalue weighted by atomic mass is 10.4. The molecule has 0 amide bonds.